The SMILES string of the molecule is CCc1[nH]nc(-c2cc(OC)c(OC)c(OC)c2)c1NC(=O)c1ccc(F)cc1. The molecule has 2 N–H and O–H groups in total. The highest BCUT2D eigenvalue weighted by molar-refractivity contribution is 6.06. The number of aryl methyl sites for hydroxylation is 1. The lowest BCUT2D eigenvalue weighted by Crippen LogP contribution is -2.13. The zero-order chi connectivity index (χ0) is 21.0. The monoisotopic (exact) mass is 399 g/mol. The minimum Gasteiger partial charge on any atom is -0.493 e. The van der Waals surface area contributed by atoms with Crippen LogP contribution in [0.15, 0.2) is 36.4 Å². The van der Waals surface area contributed by atoms with Crippen molar-refractivity contribution in [3.8, 4) is 28.5 Å². The number of amides is 1. The van der Waals surface area contributed by atoms with Crippen molar-refractivity contribution < 1.29 is 23.4 Å². The number of nitrogens with one attached hydrogen (secondary N) is 2. The lowest BCUT2D eigenvalue weighted by atomic mass is 10.1. The van der Waals surface area contributed by atoms with Crippen LogP contribution >= 0.6 is 0 Å². The van der Waals surface area contributed by atoms with Gasteiger partial charge in [-0.25, -0.2) is 4.39 Å². The van der Waals surface area contributed by atoms with Crippen LogP contribution in [0.25, 0.3) is 11.3 Å². The van der Waals surface area contributed by atoms with Gasteiger partial charge >= 0.3 is 0 Å². The van der Waals surface area contributed by atoms with E-state index in [4.69, 9.17) is 14.2 Å². The number of anilines is 1. The van der Waals surface area contributed by atoms with Crippen molar-refractivity contribution in [3.63, 3.8) is 0 Å². The Kier molecular flexibility index (Phi) is 6.01. The number of hydrogen-bond acceptors (Lipinski definition) is 5. The van der Waals surface area contributed by atoms with E-state index < -0.39 is 5.82 Å². The van der Waals surface area contributed by atoms with Crippen molar-refractivity contribution in [2.75, 3.05) is 26.6 Å². The lowest BCUT2D eigenvalue weighted by Gasteiger charge is -2.14. The zero-order valence-corrected chi connectivity index (χ0v) is 16.6. The second-order valence-corrected chi connectivity index (χ2v) is 6.15. The number of benzene rings is 2. The Labute approximate surface area is 167 Å². The Morgan fingerprint density at radius 3 is 2.21 bits per heavy atom. The predicted molar refractivity (Wildman–Crippen MR) is 107 cm³/mol. The van der Waals surface area contributed by atoms with E-state index in [0.717, 1.165) is 5.69 Å². The van der Waals surface area contributed by atoms with E-state index >= 15 is 0 Å². The summed E-state index contributed by atoms with van der Waals surface area (Å²) in [7, 11) is 4.58. The van der Waals surface area contributed by atoms with Crippen LogP contribution in [0.2, 0.25) is 0 Å². The number of halogens is 1. The van der Waals surface area contributed by atoms with Crippen LogP contribution in [0.4, 0.5) is 10.1 Å². The fourth-order valence-electron chi connectivity index (χ4n) is 2.98. The van der Waals surface area contributed by atoms with Gasteiger partial charge in [-0.1, -0.05) is 6.92 Å². The van der Waals surface area contributed by atoms with Crippen LogP contribution in [0, 0.1) is 5.82 Å². The first-order chi connectivity index (χ1) is 14.0. The number of nitrogens with zero attached hydrogens (tertiary/aromatic N) is 1. The minimum atomic E-state index is -0.405. The molecule has 0 radical (unpaired) electrons. The van der Waals surface area contributed by atoms with Gasteiger partial charge in [0.1, 0.15) is 11.5 Å². The summed E-state index contributed by atoms with van der Waals surface area (Å²) < 4.78 is 29.3. The van der Waals surface area contributed by atoms with Crippen LogP contribution in [-0.4, -0.2) is 37.4 Å². The number of rotatable bonds is 7. The van der Waals surface area contributed by atoms with Gasteiger partial charge in [-0.3, -0.25) is 9.89 Å². The lowest BCUT2D eigenvalue weighted by molar-refractivity contribution is 0.102. The van der Waals surface area contributed by atoms with E-state index in [9.17, 15) is 9.18 Å². The molecule has 1 heterocycles. The third-order valence-electron chi connectivity index (χ3n) is 4.48. The molecule has 2 aromatic carbocycles. The summed E-state index contributed by atoms with van der Waals surface area (Å²) in [5.41, 5.74) is 2.83. The summed E-state index contributed by atoms with van der Waals surface area (Å²) in [5, 5.41) is 10.2. The molecule has 0 atom stereocenters. The van der Waals surface area contributed by atoms with Gasteiger partial charge in [0.25, 0.3) is 5.91 Å². The molecule has 29 heavy (non-hydrogen) atoms. The number of carbonyl (C=O) groups excluding carboxylic acids is 1. The molecular weight excluding hydrogens is 377 g/mol. The van der Waals surface area contributed by atoms with Crippen molar-refractivity contribution in [2.45, 2.75) is 13.3 Å². The Balaban J connectivity index is 2.05. The number of hydrogen-bond donors (Lipinski definition) is 2. The average Bonchev–Trinajstić information content (AvgIpc) is 3.15. The molecule has 1 aromatic heterocycles. The third kappa shape index (κ3) is 4.01. The van der Waals surface area contributed by atoms with Crippen molar-refractivity contribution >= 4 is 11.6 Å². The minimum absolute atomic E-state index is 0.338. The predicted octanol–water partition coefficient (Wildman–Crippen LogP) is 4.06. The van der Waals surface area contributed by atoms with Crippen molar-refractivity contribution in [1.29, 1.82) is 0 Å². The number of aromatic amines is 1. The summed E-state index contributed by atoms with van der Waals surface area (Å²) >= 11 is 0. The largest absolute Gasteiger partial charge is 0.493 e. The molecule has 0 saturated heterocycles. The van der Waals surface area contributed by atoms with Gasteiger partial charge in [-0.15, -0.1) is 0 Å². The van der Waals surface area contributed by atoms with Gasteiger partial charge in [-0.05, 0) is 42.8 Å². The smallest absolute Gasteiger partial charge is 0.255 e. The number of carbonyl (C=O) groups is 1. The highest BCUT2D eigenvalue weighted by atomic mass is 19.1. The summed E-state index contributed by atoms with van der Waals surface area (Å²) in [4.78, 5) is 12.7. The molecule has 0 bridgehead atoms. The van der Waals surface area contributed by atoms with E-state index in [1.54, 1.807) is 12.1 Å². The van der Waals surface area contributed by atoms with Crippen LogP contribution in [0.1, 0.15) is 23.0 Å². The summed E-state index contributed by atoms with van der Waals surface area (Å²) in [6, 6.07) is 8.84. The second-order valence-electron chi connectivity index (χ2n) is 6.15. The molecule has 3 aromatic rings. The molecule has 0 fully saturated rings. The molecule has 152 valence electrons. The quantitative estimate of drug-likeness (QED) is 0.626. The first-order valence-corrected chi connectivity index (χ1v) is 8.96. The van der Waals surface area contributed by atoms with Gasteiger partial charge in [0.05, 0.1) is 32.7 Å². The Bertz CT molecular complexity index is 990. The topological polar surface area (TPSA) is 85.5 Å². The maximum Gasteiger partial charge on any atom is 0.255 e. The Morgan fingerprint density at radius 1 is 1.07 bits per heavy atom. The van der Waals surface area contributed by atoms with Crippen LogP contribution < -0.4 is 19.5 Å². The standard InChI is InChI=1S/C21H22FN3O4/c1-5-15-19(23-21(26)12-6-8-14(22)9-7-12)18(25-24-15)13-10-16(27-2)20(29-4)17(11-13)28-3/h6-11H,5H2,1-4H3,(H,23,26)(H,24,25). The van der Waals surface area contributed by atoms with Gasteiger partial charge in [0.15, 0.2) is 11.5 Å². The summed E-state index contributed by atoms with van der Waals surface area (Å²) in [6.07, 6.45) is 0.621. The van der Waals surface area contributed by atoms with Gasteiger partial charge < -0.3 is 19.5 Å². The number of methoxy groups -OCH3 is 3. The molecule has 7 nitrogen and oxygen atoms in total. The van der Waals surface area contributed by atoms with Crippen molar-refractivity contribution in [2.24, 2.45) is 0 Å². The van der Waals surface area contributed by atoms with E-state index in [1.807, 2.05) is 6.92 Å². The number of aromatic nitrogens is 2. The zero-order valence-electron chi connectivity index (χ0n) is 16.6. The first-order valence-electron chi connectivity index (χ1n) is 8.96. The normalized spacial score (nSPS) is 10.5. The molecule has 3 rings (SSSR count). The second kappa shape index (κ2) is 8.64. The highest BCUT2D eigenvalue weighted by Crippen LogP contribution is 2.42. The van der Waals surface area contributed by atoms with Crippen molar-refractivity contribution in [3.05, 3.63) is 53.5 Å². The Morgan fingerprint density at radius 2 is 1.69 bits per heavy atom. The van der Waals surface area contributed by atoms with Crippen LogP contribution in [0.5, 0.6) is 17.2 Å². The number of ether oxygens (including phenoxy) is 3. The highest BCUT2D eigenvalue weighted by Gasteiger charge is 2.21. The molecular formula is C21H22FN3O4. The average molecular weight is 399 g/mol. The Hall–Kier alpha value is -3.55. The van der Waals surface area contributed by atoms with Gasteiger partial charge in [-0.2, -0.15) is 5.10 Å². The van der Waals surface area contributed by atoms with E-state index in [0.29, 0.717) is 46.2 Å². The molecule has 0 unspecified atom stereocenters. The maximum atomic E-state index is 13.2. The van der Waals surface area contributed by atoms with Gasteiger partial charge in [0, 0.05) is 11.1 Å². The third-order valence-corrected chi connectivity index (χ3v) is 4.48. The molecule has 0 saturated carbocycles. The van der Waals surface area contributed by atoms with Crippen molar-refractivity contribution in [1.82, 2.24) is 10.2 Å². The van der Waals surface area contributed by atoms with Crippen LogP contribution in [0.3, 0.4) is 0 Å². The van der Waals surface area contributed by atoms with E-state index in [2.05, 4.69) is 15.5 Å². The fraction of sp³-hybridized carbons (Fsp3) is 0.238. The molecule has 0 aliphatic carbocycles. The first kappa shape index (κ1) is 20.2. The van der Waals surface area contributed by atoms with Gasteiger partial charge in [0.2, 0.25) is 5.75 Å². The van der Waals surface area contributed by atoms with Crippen LogP contribution in [-0.2, 0) is 6.42 Å². The number of H-pyrrole nitrogens is 1. The molecule has 0 spiro atoms. The molecule has 0 aliphatic heterocycles. The fourth-order valence-corrected chi connectivity index (χ4v) is 2.98. The molecule has 0 aliphatic rings. The summed E-state index contributed by atoms with van der Waals surface area (Å²) in [6.45, 7) is 1.94. The van der Waals surface area contributed by atoms with E-state index in [-0.39, 0.29) is 5.91 Å². The van der Waals surface area contributed by atoms with E-state index in [1.165, 1.54) is 45.6 Å². The molecule has 8 heteroatoms. The molecule has 1 amide bonds. The summed E-state index contributed by atoms with van der Waals surface area (Å²) in [5.74, 6) is 0.631. The maximum absolute atomic E-state index is 13.2.